The van der Waals surface area contributed by atoms with Gasteiger partial charge >= 0.3 is 5.97 Å². The predicted octanol–water partition coefficient (Wildman–Crippen LogP) is 4.99. The highest BCUT2D eigenvalue weighted by atomic mass is 16.4. The van der Waals surface area contributed by atoms with Crippen LogP contribution in [0.2, 0.25) is 0 Å². The Hall–Kier alpha value is -3.05. The van der Waals surface area contributed by atoms with Crippen LogP contribution < -0.4 is 0 Å². The zero-order valence-corrected chi connectivity index (χ0v) is 16.3. The average molecular weight is 388 g/mol. The van der Waals surface area contributed by atoms with Crippen LogP contribution in [0.1, 0.15) is 40.1 Å². The Bertz CT molecular complexity index is 1190. The lowest BCUT2D eigenvalue weighted by Gasteiger charge is -2.25. The summed E-state index contributed by atoms with van der Waals surface area (Å²) in [6.07, 6.45) is 6.20. The minimum absolute atomic E-state index is 0.341. The number of nitrogens with one attached hydrogen (secondary N) is 1. The number of carboxylic acid groups (broad SMARTS) is 1. The van der Waals surface area contributed by atoms with Gasteiger partial charge in [-0.1, -0.05) is 18.2 Å². The van der Waals surface area contributed by atoms with Crippen LogP contribution in [0.5, 0.6) is 0 Å². The topological polar surface area (TPSA) is 69.5 Å². The fourth-order valence-corrected chi connectivity index (χ4v) is 4.46. The van der Waals surface area contributed by atoms with Crippen molar-refractivity contribution in [2.45, 2.75) is 32.2 Å². The Labute approximate surface area is 168 Å². The van der Waals surface area contributed by atoms with Crippen molar-refractivity contribution < 1.29 is 14.3 Å². The number of hydrogen-bond acceptors (Lipinski definition) is 3. The van der Waals surface area contributed by atoms with Crippen LogP contribution in [0.4, 0.5) is 0 Å². The van der Waals surface area contributed by atoms with Gasteiger partial charge in [-0.3, -0.25) is 4.90 Å². The first-order valence-electron chi connectivity index (χ1n) is 10.2. The first-order valence-corrected chi connectivity index (χ1v) is 10.2. The molecule has 0 radical (unpaired) electrons. The van der Waals surface area contributed by atoms with Gasteiger partial charge in [-0.05, 0) is 62.1 Å². The standard InChI is InChI=1S/C24H24N2O3/c27-24(28)16-8-9-21-20(13-16)17(14-25-21)5-3-4-11-26-12-10-19-18-6-1-2-7-22(18)29-23(19)15-26/h1-2,6-9,13-14,25H,3-5,10-12,15H2,(H,27,28). The summed E-state index contributed by atoms with van der Waals surface area (Å²) in [6.45, 7) is 3.02. The third-order valence-electron chi connectivity index (χ3n) is 6.01. The zero-order valence-electron chi connectivity index (χ0n) is 16.3. The van der Waals surface area contributed by atoms with Gasteiger partial charge in [0.1, 0.15) is 11.3 Å². The van der Waals surface area contributed by atoms with E-state index in [-0.39, 0.29) is 0 Å². The van der Waals surface area contributed by atoms with E-state index in [1.807, 2.05) is 18.3 Å². The number of nitrogens with zero attached hydrogens (tertiary/aromatic N) is 1. The number of aryl methyl sites for hydroxylation is 1. The molecule has 2 aromatic heterocycles. The summed E-state index contributed by atoms with van der Waals surface area (Å²) in [5.41, 5.74) is 4.91. The number of aromatic nitrogens is 1. The van der Waals surface area contributed by atoms with E-state index in [0.717, 1.165) is 67.6 Å². The van der Waals surface area contributed by atoms with Crippen molar-refractivity contribution in [2.24, 2.45) is 0 Å². The molecule has 3 heterocycles. The summed E-state index contributed by atoms with van der Waals surface area (Å²) in [7, 11) is 0. The number of aromatic amines is 1. The van der Waals surface area contributed by atoms with Crippen LogP contribution in [-0.2, 0) is 19.4 Å². The number of H-pyrrole nitrogens is 1. The van der Waals surface area contributed by atoms with Gasteiger partial charge in [0.15, 0.2) is 0 Å². The number of carbonyl (C=O) groups is 1. The van der Waals surface area contributed by atoms with Crippen molar-refractivity contribution in [1.82, 2.24) is 9.88 Å². The van der Waals surface area contributed by atoms with Gasteiger partial charge in [0.2, 0.25) is 0 Å². The number of unbranched alkanes of at least 4 members (excludes halogenated alkanes) is 1. The summed E-state index contributed by atoms with van der Waals surface area (Å²) in [4.78, 5) is 17.0. The Kier molecular flexibility index (Phi) is 4.60. The second-order valence-electron chi connectivity index (χ2n) is 7.86. The maximum Gasteiger partial charge on any atom is 0.335 e. The number of para-hydroxylation sites is 1. The Morgan fingerprint density at radius 2 is 2.03 bits per heavy atom. The lowest BCUT2D eigenvalue weighted by molar-refractivity contribution is 0.0697. The molecule has 0 aliphatic carbocycles. The van der Waals surface area contributed by atoms with Gasteiger partial charge in [0.25, 0.3) is 0 Å². The Morgan fingerprint density at radius 3 is 2.93 bits per heavy atom. The molecule has 5 heteroatoms. The highest BCUT2D eigenvalue weighted by Crippen LogP contribution is 2.30. The van der Waals surface area contributed by atoms with E-state index in [2.05, 4.69) is 28.1 Å². The van der Waals surface area contributed by atoms with Crippen molar-refractivity contribution in [1.29, 1.82) is 0 Å². The predicted molar refractivity (Wildman–Crippen MR) is 113 cm³/mol. The van der Waals surface area contributed by atoms with Crippen LogP contribution in [-0.4, -0.2) is 34.0 Å². The molecule has 2 aromatic carbocycles. The van der Waals surface area contributed by atoms with Gasteiger partial charge < -0.3 is 14.5 Å². The molecule has 0 fully saturated rings. The maximum absolute atomic E-state index is 11.2. The lowest BCUT2D eigenvalue weighted by Crippen LogP contribution is -2.30. The first kappa shape index (κ1) is 18.0. The fourth-order valence-electron chi connectivity index (χ4n) is 4.46. The smallest absolute Gasteiger partial charge is 0.335 e. The normalized spacial score (nSPS) is 14.5. The molecule has 5 rings (SSSR count). The summed E-state index contributed by atoms with van der Waals surface area (Å²) >= 11 is 0. The van der Waals surface area contributed by atoms with E-state index in [4.69, 9.17) is 4.42 Å². The fraction of sp³-hybridized carbons (Fsp3) is 0.292. The van der Waals surface area contributed by atoms with Crippen LogP contribution >= 0.6 is 0 Å². The third kappa shape index (κ3) is 3.42. The molecule has 1 aliphatic rings. The number of carboxylic acids is 1. The van der Waals surface area contributed by atoms with Crippen molar-refractivity contribution in [2.75, 3.05) is 13.1 Å². The van der Waals surface area contributed by atoms with E-state index in [0.29, 0.717) is 5.56 Å². The molecule has 0 atom stereocenters. The molecule has 5 nitrogen and oxygen atoms in total. The third-order valence-corrected chi connectivity index (χ3v) is 6.01. The molecular formula is C24H24N2O3. The van der Waals surface area contributed by atoms with E-state index in [1.54, 1.807) is 12.1 Å². The van der Waals surface area contributed by atoms with Gasteiger partial charge in [0, 0.05) is 34.6 Å². The molecule has 2 N–H and O–H groups in total. The quantitative estimate of drug-likeness (QED) is 0.457. The van der Waals surface area contributed by atoms with Crippen LogP contribution in [0.3, 0.4) is 0 Å². The summed E-state index contributed by atoms with van der Waals surface area (Å²) in [5, 5.41) is 11.5. The number of aromatic carboxylic acids is 1. The Balaban J connectivity index is 1.19. The van der Waals surface area contributed by atoms with E-state index < -0.39 is 5.97 Å². The van der Waals surface area contributed by atoms with E-state index in [9.17, 15) is 9.90 Å². The van der Waals surface area contributed by atoms with Gasteiger partial charge in [0.05, 0.1) is 12.1 Å². The van der Waals surface area contributed by atoms with Crippen LogP contribution in [0.25, 0.3) is 21.9 Å². The number of fused-ring (bicyclic) bond motifs is 4. The Morgan fingerprint density at radius 1 is 1.14 bits per heavy atom. The van der Waals surface area contributed by atoms with Gasteiger partial charge in [-0.25, -0.2) is 4.79 Å². The number of benzene rings is 2. The summed E-state index contributed by atoms with van der Waals surface area (Å²) in [6, 6.07) is 13.6. The molecule has 0 saturated heterocycles. The highest BCUT2D eigenvalue weighted by Gasteiger charge is 2.22. The average Bonchev–Trinajstić information content (AvgIpc) is 3.31. The first-order chi connectivity index (χ1) is 14.2. The highest BCUT2D eigenvalue weighted by molar-refractivity contribution is 5.94. The molecular weight excluding hydrogens is 364 g/mol. The summed E-state index contributed by atoms with van der Waals surface area (Å²) < 4.78 is 6.07. The molecule has 4 aromatic rings. The number of rotatable bonds is 6. The monoisotopic (exact) mass is 388 g/mol. The molecule has 148 valence electrons. The van der Waals surface area contributed by atoms with Crippen LogP contribution in [0.15, 0.2) is 53.1 Å². The maximum atomic E-state index is 11.2. The SMILES string of the molecule is O=C(O)c1ccc2[nH]cc(CCCCN3CCc4c(oc5ccccc45)C3)c2c1. The molecule has 0 saturated carbocycles. The summed E-state index contributed by atoms with van der Waals surface area (Å²) in [5.74, 6) is 0.240. The van der Waals surface area contributed by atoms with Crippen molar-refractivity contribution in [3.05, 3.63) is 71.1 Å². The second-order valence-corrected chi connectivity index (χ2v) is 7.86. The van der Waals surface area contributed by atoms with E-state index in [1.165, 1.54) is 16.5 Å². The second kappa shape index (κ2) is 7.41. The largest absolute Gasteiger partial charge is 0.478 e. The molecule has 0 spiro atoms. The van der Waals surface area contributed by atoms with Crippen molar-refractivity contribution in [3.8, 4) is 0 Å². The molecule has 0 unspecified atom stereocenters. The molecule has 0 bridgehead atoms. The molecule has 0 amide bonds. The van der Waals surface area contributed by atoms with Gasteiger partial charge in [-0.2, -0.15) is 0 Å². The minimum atomic E-state index is -0.880. The number of furan rings is 1. The zero-order chi connectivity index (χ0) is 19.8. The van der Waals surface area contributed by atoms with Crippen LogP contribution in [0, 0.1) is 0 Å². The van der Waals surface area contributed by atoms with Crippen molar-refractivity contribution >= 4 is 27.8 Å². The van der Waals surface area contributed by atoms with Crippen molar-refractivity contribution in [3.63, 3.8) is 0 Å². The minimum Gasteiger partial charge on any atom is -0.478 e. The lowest BCUT2D eigenvalue weighted by atomic mass is 10.0. The number of hydrogen-bond donors (Lipinski definition) is 2. The molecule has 1 aliphatic heterocycles. The van der Waals surface area contributed by atoms with Gasteiger partial charge in [-0.15, -0.1) is 0 Å². The molecule has 29 heavy (non-hydrogen) atoms. The van der Waals surface area contributed by atoms with E-state index >= 15 is 0 Å².